The van der Waals surface area contributed by atoms with Crippen LogP contribution in [0, 0.1) is 31.6 Å². The zero-order valence-corrected chi connectivity index (χ0v) is 16.5. The van der Waals surface area contributed by atoms with Crippen molar-refractivity contribution in [3.8, 4) is 5.75 Å². The molecule has 4 heteroatoms. The lowest BCUT2D eigenvalue weighted by atomic mass is 9.79. The molecule has 0 aliphatic heterocycles. The third-order valence-corrected chi connectivity index (χ3v) is 5.24. The van der Waals surface area contributed by atoms with Crippen LogP contribution in [0.1, 0.15) is 63.5 Å². The molecule has 1 aromatic carbocycles. The van der Waals surface area contributed by atoms with Crippen LogP contribution in [-0.4, -0.2) is 18.5 Å². The summed E-state index contributed by atoms with van der Waals surface area (Å²) in [5, 5.41) is 0. The van der Waals surface area contributed by atoms with Crippen molar-refractivity contribution in [3.63, 3.8) is 0 Å². The normalized spacial score (nSPS) is 20.0. The van der Waals surface area contributed by atoms with Crippen LogP contribution in [0.3, 0.4) is 0 Å². The lowest BCUT2D eigenvalue weighted by Crippen LogP contribution is -2.36. The molecule has 2 rings (SSSR count). The van der Waals surface area contributed by atoms with Crippen LogP contribution in [0.4, 0.5) is 0 Å². The van der Waals surface area contributed by atoms with Gasteiger partial charge < -0.3 is 9.47 Å². The number of benzene rings is 1. The van der Waals surface area contributed by atoms with E-state index in [4.69, 9.17) is 9.47 Å². The van der Waals surface area contributed by atoms with Gasteiger partial charge in [-0.25, -0.2) is 0 Å². The molecule has 4 nitrogen and oxygen atoms in total. The molecule has 26 heavy (non-hydrogen) atoms. The van der Waals surface area contributed by atoms with E-state index in [1.807, 2.05) is 32.0 Å². The van der Waals surface area contributed by atoms with Crippen LogP contribution in [0.15, 0.2) is 18.2 Å². The van der Waals surface area contributed by atoms with Crippen molar-refractivity contribution >= 4 is 11.9 Å². The largest absolute Gasteiger partial charge is 0.465 e. The molecule has 2 unspecified atom stereocenters. The number of aryl methyl sites for hydroxylation is 2. The summed E-state index contributed by atoms with van der Waals surface area (Å²) in [5.74, 6) is -0.172. The van der Waals surface area contributed by atoms with E-state index in [9.17, 15) is 9.59 Å². The van der Waals surface area contributed by atoms with Gasteiger partial charge in [0.15, 0.2) is 0 Å². The van der Waals surface area contributed by atoms with E-state index < -0.39 is 5.92 Å². The molecule has 1 aliphatic rings. The average molecular weight is 360 g/mol. The smallest absolute Gasteiger partial charge is 0.315 e. The first-order valence-electron chi connectivity index (χ1n) is 9.84. The van der Waals surface area contributed by atoms with Gasteiger partial charge in [-0.2, -0.15) is 0 Å². The summed E-state index contributed by atoms with van der Waals surface area (Å²) < 4.78 is 11.0. The summed E-state index contributed by atoms with van der Waals surface area (Å²) >= 11 is 0. The van der Waals surface area contributed by atoms with Gasteiger partial charge in [0, 0.05) is 0 Å². The Morgan fingerprint density at radius 3 is 2.31 bits per heavy atom. The summed E-state index contributed by atoms with van der Waals surface area (Å²) in [7, 11) is 0. The maximum Gasteiger partial charge on any atom is 0.315 e. The zero-order chi connectivity index (χ0) is 19.1. The van der Waals surface area contributed by atoms with Crippen molar-refractivity contribution in [1.29, 1.82) is 0 Å². The maximum absolute atomic E-state index is 12.7. The van der Waals surface area contributed by atoms with Gasteiger partial charge >= 0.3 is 11.9 Å². The monoisotopic (exact) mass is 360 g/mol. The van der Waals surface area contributed by atoms with Crippen LogP contribution in [0.2, 0.25) is 0 Å². The molecular weight excluding hydrogens is 328 g/mol. The fourth-order valence-electron chi connectivity index (χ4n) is 3.44. The van der Waals surface area contributed by atoms with Gasteiger partial charge in [-0.05, 0) is 68.7 Å². The van der Waals surface area contributed by atoms with E-state index in [1.54, 1.807) is 0 Å². The Balaban J connectivity index is 1.94. The van der Waals surface area contributed by atoms with Crippen LogP contribution >= 0.6 is 0 Å². The standard InChI is InChI=1S/C22H32O4/c1-15(2)8-7-13-25-21(23)19-9-5-6-10-20(19)22(24)26-18-12-11-16(3)17(4)14-18/h11-12,14-15,19-20H,5-10,13H2,1-4H3. The minimum Gasteiger partial charge on any atom is -0.465 e. The molecule has 1 fully saturated rings. The molecule has 0 saturated heterocycles. The van der Waals surface area contributed by atoms with Gasteiger partial charge in [0.25, 0.3) is 0 Å². The molecule has 1 aromatic rings. The Kier molecular flexibility index (Phi) is 7.67. The first kappa shape index (κ1) is 20.5. The average Bonchev–Trinajstić information content (AvgIpc) is 2.61. The van der Waals surface area contributed by atoms with Gasteiger partial charge in [0.2, 0.25) is 0 Å². The van der Waals surface area contributed by atoms with E-state index in [0.717, 1.165) is 36.8 Å². The molecule has 0 spiro atoms. The lowest BCUT2D eigenvalue weighted by molar-refractivity contribution is -0.158. The van der Waals surface area contributed by atoms with Crippen molar-refractivity contribution in [2.75, 3.05) is 6.61 Å². The number of hydrogen-bond acceptors (Lipinski definition) is 4. The third-order valence-electron chi connectivity index (χ3n) is 5.24. The summed E-state index contributed by atoms with van der Waals surface area (Å²) in [4.78, 5) is 25.1. The minimum absolute atomic E-state index is 0.240. The van der Waals surface area contributed by atoms with Gasteiger partial charge in [-0.3, -0.25) is 9.59 Å². The molecule has 0 radical (unpaired) electrons. The summed E-state index contributed by atoms with van der Waals surface area (Å²) in [6.45, 7) is 8.76. The topological polar surface area (TPSA) is 52.6 Å². The van der Waals surface area contributed by atoms with E-state index in [0.29, 0.717) is 31.1 Å². The van der Waals surface area contributed by atoms with Crippen molar-refractivity contribution in [3.05, 3.63) is 29.3 Å². The molecule has 0 heterocycles. The van der Waals surface area contributed by atoms with Crippen molar-refractivity contribution in [2.45, 2.75) is 66.2 Å². The van der Waals surface area contributed by atoms with Crippen LogP contribution in [0.5, 0.6) is 5.75 Å². The van der Waals surface area contributed by atoms with Gasteiger partial charge in [0.05, 0.1) is 18.4 Å². The van der Waals surface area contributed by atoms with Crippen molar-refractivity contribution in [1.82, 2.24) is 0 Å². The van der Waals surface area contributed by atoms with Gasteiger partial charge in [-0.15, -0.1) is 0 Å². The molecular formula is C22H32O4. The van der Waals surface area contributed by atoms with Crippen molar-refractivity contribution < 1.29 is 19.1 Å². The Hall–Kier alpha value is -1.84. The summed E-state index contributed by atoms with van der Waals surface area (Å²) in [5.41, 5.74) is 2.24. The first-order chi connectivity index (χ1) is 12.4. The number of hydrogen-bond donors (Lipinski definition) is 0. The molecule has 2 atom stereocenters. The Bertz CT molecular complexity index is 621. The minimum atomic E-state index is -0.400. The fourth-order valence-corrected chi connectivity index (χ4v) is 3.44. The van der Waals surface area contributed by atoms with Crippen LogP contribution in [0.25, 0.3) is 0 Å². The van der Waals surface area contributed by atoms with Gasteiger partial charge in [0.1, 0.15) is 5.75 Å². The first-order valence-corrected chi connectivity index (χ1v) is 9.84. The molecule has 144 valence electrons. The highest BCUT2D eigenvalue weighted by molar-refractivity contribution is 5.83. The van der Waals surface area contributed by atoms with E-state index in [-0.39, 0.29) is 17.9 Å². The number of esters is 2. The molecule has 0 amide bonds. The molecule has 1 saturated carbocycles. The van der Waals surface area contributed by atoms with Gasteiger partial charge in [-0.1, -0.05) is 32.8 Å². The van der Waals surface area contributed by atoms with E-state index >= 15 is 0 Å². The second-order valence-corrected chi connectivity index (χ2v) is 7.87. The third kappa shape index (κ3) is 5.86. The quantitative estimate of drug-likeness (QED) is 0.390. The molecule has 1 aliphatic carbocycles. The van der Waals surface area contributed by atoms with E-state index in [2.05, 4.69) is 13.8 Å². The predicted octanol–water partition coefficient (Wildman–Crippen LogP) is 4.99. The Morgan fingerprint density at radius 2 is 1.69 bits per heavy atom. The number of rotatable bonds is 7. The van der Waals surface area contributed by atoms with Crippen molar-refractivity contribution in [2.24, 2.45) is 17.8 Å². The predicted molar refractivity (Wildman–Crippen MR) is 102 cm³/mol. The fraction of sp³-hybridized carbons (Fsp3) is 0.636. The number of carbonyl (C=O) groups excluding carboxylic acids is 2. The highest BCUT2D eigenvalue weighted by Gasteiger charge is 2.38. The number of carbonyl (C=O) groups is 2. The zero-order valence-electron chi connectivity index (χ0n) is 16.5. The SMILES string of the molecule is Cc1ccc(OC(=O)C2CCCCC2C(=O)OCCCC(C)C)cc1C. The summed E-state index contributed by atoms with van der Waals surface area (Å²) in [6.07, 6.45) is 5.21. The molecule has 0 bridgehead atoms. The second-order valence-electron chi connectivity index (χ2n) is 7.87. The Labute approximate surface area is 157 Å². The number of ether oxygens (including phenoxy) is 2. The maximum atomic E-state index is 12.7. The molecule has 0 aromatic heterocycles. The Morgan fingerprint density at radius 1 is 1.04 bits per heavy atom. The summed E-state index contributed by atoms with van der Waals surface area (Å²) in [6, 6.07) is 5.62. The highest BCUT2D eigenvalue weighted by Crippen LogP contribution is 2.32. The highest BCUT2D eigenvalue weighted by atomic mass is 16.5. The molecule has 0 N–H and O–H groups in total. The van der Waals surface area contributed by atoms with Crippen LogP contribution in [-0.2, 0) is 14.3 Å². The van der Waals surface area contributed by atoms with Crippen LogP contribution < -0.4 is 4.74 Å². The lowest BCUT2D eigenvalue weighted by Gasteiger charge is -2.28. The second kappa shape index (κ2) is 9.75. The van der Waals surface area contributed by atoms with E-state index in [1.165, 1.54) is 0 Å².